The molecule has 0 fully saturated rings. The van der Waals surface area contributed by atoms with E-state index in [-0.39, 0.29) is 17.6 Å². The van der Waals surface area contributed by atoms with Gasteiger partial charge < -0.3 is 16.4 Å². The quantitative estimate of drug-likeness (QED) is 0.604. The molecule has 8 nitrogen and oxygen atoms in total. The first-order valence-corrected chi connectivity index (χ1v) is 6.15. The van der Waals surface area contributed by atoms with Crippen molar-refractivity contribution < 1.29 is 9.59 Å². The second kappa shape index (κ2) is 6.83. The number of hydrogen-bond acceptors (Lipinski definition) is 5. The number of nitrogens with two attached hydrogens (primary N) is 1. The molecule has 1 unspecified atom stereocenters. The van der Waals surface area contributed by atoms with Gasteiger partial charge in [-0.3, -0.25) is 14.3 Å². The lowest BCUT2D eigenvalue weighted by molar-refractivity contribution is -0.123. The second-order valence-corrected chi connectivity index (χ2v) is 4.51. The highest BCUT2D eigenvalue weighted by Crippen LogP contribution is 1.95. The van der Waals surface area contributed by atoms with E-state index in [1.807, 2.05) is 13.8 Å². The summed E-state index contributed by atoms with van der Waals surface area (Å²) in [7, 11) is 0. The summed E-state index contributed by atoms with van der Waals surface area (Å²) in [5, 5.41) is 12.7. The molecular formula is C11H20N6O2. The Bertz CT molecular complexity index is 442. The van der Waals surface area contributed by atoms with Crippen molar-refractivity contribution in [3.05, 3.63) is 11.9 Å². The number of carbonyl (C=O) groups excluding carboxylic acids is 2. The summed E-state index contributed by atoms with van der Waals surface area (Å²) in [6.07, 6.45) is 1.50. The molecular weight excluding hydrogens is 248 g/mol. The van der Waals surface area contributed by atoms with E-state index in [2.05, 4.69) is 20.9 Å². The molecule has 0 bridgehead atoms. The molecule has 2 amide bonds. The maximum atomic E-state index is 11.8. The molecule has 1 aromatic heterocycles. The van der Waals surface area contributed by atoms with Crippen molar-refractivity contribution in [2.45, 2.75) is 39.4 Å². The molecule has 0 saturated heterocycles. The summed E-state index contributed by atoms with van der Waals surface area (Å²) in [5.41, 5.74) is 5.54. The van der Waals surface area contributed by atoms with Crippen LogP contribution in [0.3, 0.4) is 0 Å². The summed E-state index contributed by atoms with van der Waals surface area (Å²) in [6, 6.07) is -0.605. The van der Waals surface area contributed by atoms with Gasteiger partial charge in [0.15, 0.2) is 5.69 Å². The first-order valence-electron chi connectivity index (χ1n) is 6.15. The minimum Gasteiger partial charge on any atom is -0.352 e. The van der Waals surface area contributed by atoms with Gasteiger partial charge in [-0.2, -0.15) is 0 Å². The van der Waals surface area contributed by atoms with Gasteiger partial charge >= 0.3 is 0 Å². The summed E-state index contributed by atoms with van der Waals surface area (Å²) in [4.78, 5) is 23.5. The normalized spacial score (nSPS) is 12.3. The highest BCUT2D eigenvalue weighted by molar-refractivity contribution is 5.95. The summed E-state index contributed by atoms with van der Waals surface area (Å²) in [5.74, 6) is -0.674. The summed E-state index contributed by atoms with van der Waals surface area (Å²) >= 11 is 0. The van der Waals surface area contributed by atoms with E-state index in [9.17, 15) is 9.59 Å². The van der Waals surface area contributed by atoms with E-state index in [0.717, 1.165) is 0 Å². The molecule has 1 atom stereocenters. The topological polar surface area (TPSA) is 115 Å². The van der Waals surface area contributed by atoms with E-state index in [1.165, 1.54) is 10.9 Å². The van der Waals surface area contributed by atoms with Crippen LogP contribution in [0.25, 0.3) is 0 Å². The molecule has 1 heterocycles. The third kappa shape index (κ3) is 4.66. The van der Waals surface area contributed by atoms with Crippen LogP contribution in [-0.4, -0.2) is 45.4 Å². The zero-order valence-corrected chi connectivity index (χ0v) is 11.4. The Morgan fingerprint density at radius 1 is 1.37 bits per heavy atom. The largest absolute Gasteiger partial charge is 0.352 e. The zero-order valence-electron chi connectivity index (χ0n) is 11.4. The Balaban J connectivity index is 2.55. The summed E-state index contributed by atoms with van der Waals surface area (Å²) in [6.45, 7) is 6.22. The van der Waals surface area contributed by atoms with Gasteiger partial charge in [-0.05, 0) is 20.8 Å². The number of amides is 2. The SMILES string of the molecule is CC(C)NC(=O)C(C)NC(=O)c1cn(CCN)nn1. The third-order valence-electron chi connectivity index (χ3n) is 2.30. The van der Waals surface area contributed by atoms with Gasteiger partial charge in [-0.1, -0.05) is 5.21 Å². The lowest BCUT2D eigenvalue weighted by Crippen LogP contribution is -2.46. The molecule has 0 aliphatic heterocycles. The Labute approximate surface area is 111 Å². The number of aromatic nitrogens is 3. The third-order valence-corrected chi connectivity index (χ3v) is 2.30. The van der Waals surface area contributed by atoms with Crippen LogP contribution in [0, 0.1) is 0 Å². The van der Waals surface area contributed by atoms with Crippen LogP contribution >= 0.6 is 0 Å². The first-order chi connectivity index (χ1) is 8.93. The fourth-order valence-corrected chi connectivity index (χ4v) is 1.39. The highest BCUT2D eigenvalue weighted by atomic mass is 16.2. The van der Waals surface area contributed by atoms with Crippen LogP contribution in [0.1, 0.15) is 31.3 Å². The van der Waals surface area contributed by atoms with E-state index in [4.69, 9.17) is 5.73 Å². The number of nitrogens with zero attached hydrogens (tertiary/aromatic N) is 3. The van der Waals surface area contributed by atoms with Gasteiger partial charge in [0.1, 0.15) is 6.04 Å². The summed E-state index contributed by atoms with van der Waals surface area (Å²) < 4.78 is 1.48. The predicted octanol–water partition coefficient (Wildman–Crippen LogP) is -1.12. The number of hydrogen-bond donors (Lipinski definition) is 3. The van der Waals surface area contributed by atoms with Gasteiger partial charge in [-0.15, -0.1) is 5.10 Å². The Hall–Kier alpha value is -1.96. The maximum absolute atomic E-state index is 11.8. The van der Waals surface area contributed by atoms with Crippen LogP contribution in [0.2, 0.25) is 0 Å². The molecule has 0 spiro atoms. The van der Waals surface area contributed by atoms with E-state index < -0.39 is 11.9 Å². The molecule has 4 N–H and O–H groups in total. The smallest absolute Gasteiger partial charge is 0.274 e. The molecule has 0 aliphatic rings. The van der Waals surface area contributed by atoms with Crippen molar-refractivity contribution in [1.82, 2.24) is 25.6 Å². The van der Waals surface area contributed by atoms with Gasteiger partial charge in [0, 0.05) is 12.6 Å². The van der Waals surface area contributed by atoms with Gasteiger partial charge in [0.25, 0.3) is 5.91 Å². The van der Waals surface area contributed by atoms with Crippen LogP contribution in [-0.2, 0) is 11.3 Å². The Morgan fingerprint density at radius 2 is 2.05 bits per heavy atom. The fraction of sp³-hybridized carbons (Fsp3) is 0.636. The van der Waals surface area contributed by atoms with Gasteiger partial charge in [0.2, 0.25) is 5.91 Å². The number of rotatable bonds is 6. The van der Waals surface area contributed by atoms with Crippen molar-refractivity contribution in [2.24, 2.45) is 5.73 Å². The first kappa shape index (κ1) is 15.1. The number of carbonyl (C=O) groups is 2. The second-order valence-electron chi connectivity index (χ2n) is 4.51. The molecule has 19 heavy (non-hydrogen) atoms. The Morgan fingerprint density at radius 3 is 2.63 bits per heavy atom. The molecule has 0 aliphatic carbocycles. The van der Waals surface area contributed by atoms with Crippen molar-refractivity contribution in [1.29, 1.82) is 0 Å². The van der Waals surface area contributed by atoms with Crippen molar-refractivity contribution in [2.75, 3.05) is 6.54 Å². The Kier molecular flexibility index (Phi) is 5.43. The van der Waals surface area contributed by atoms with Crippen LogP contribution < -0.4 is 16.4 Å². The average Bonchev–Trinajstić information content (AvgIpc) is 2.77. The average molecular weight is 268 g/mol. The van der Waals surface area contributed by atoms with Crippen molar-refractivity contribution >= 4 is 11.8 Å². The van der Waals surface area contributed by atoms with E-state index in [1.54, 1.807) is 6.92 Å². The minimum absolute atomic E-state index is 0.0253. The van der Waals surface area contributed by atoms with Gasteiger partial charge in [-0.25, -0.2) is 0 Å². The molecule has 0 radical (unpaired) electrons. The van der Waals surface area contributed by atoms with Gasteiger partial charge in [0.05, 0.1) is 12.7 Å². The minimum atomic E-state index is -0.630. The lowest BCUT2D eigenvalue weighted by atomic mass is 10.2. The zero-order chi connectivity index (χ0) is 14.4. The predicted molar refractivity (Wildman–Crippen MR) is 69.3 cm³/mol. The molecule has 106 valence electrons. The highest BCUT2D eigenvalue weighted by Gasteiger charge is 2.18. The molecule has 8 heteroatoms. The molecule has 1 rings (SSSR count). The monoisotopic (exact) mass is 268 g/mol. The molecule has 0 aromatic carbocycles. The number of nitrogens with one attached hydrogen (secondary N) is 2. The fourth-order valence-electron chi connectivity index (χ4n) is 1.39. The standard InChI is InChI=1S/C11H20N6O2/c1-7(2)13-10(18)8(3)14-11(19)9-6-17(5-4-12)16-15-9/h6-8H,4-5,12H2,1-3H3,(H,13,18)(H,14,19). The maximum Gasteiger partial charge on any atom is 0.274 e. The van der Waals surface area contributed by atoms with Crippen LogP contribution in [0.4, 0.5) is 0 Å². The molecule has 0 saturated carbocycles. The van der Waals surface area contributed by atoms with Crippen molar-refractivity contribution in [3.63, 3.8) is 0 Å². The lowest BCUT2D eigenvalue weighted by Gasteiger charge is -2.15. The van der Waals surface area contributed by atoms with Crippen LogP contribution in [0.5, 0.6) is 0 Å². The van der Waals surface area contributed by atoms with Crippen molar-refractivity contribution in [3.8, 4) is 0 Å². The van der Waals surface area contributed by atoms with E-state index >= 15 is 0 Å². The van der Waals surface area contributed by atoms with Crippen LogP contribution in [0.15, 0.2) is 6.20 Å². The van der Waals surface area contributed by atoms with E-state index in [0.29, 0.717) is 13.1 Å². The molecule has 1 aromatic rings.